The minimum absolute atomic E-state index is 0.225. The van der Waals surface area contributed by atoms with Gasteiger partial charge in [0.2, 0.25) is 5.13 Å². The Morgan fingerprint density at radius 3 is 2.82 bits per heavy atom. The van der Waals surface area contributed by atoms with Crippen LogP contribution in [0.1, 0.15) is 20.3 Å². The third kappa shape index (κ3) is 3.10. The summed E-state index contributed by atoms with van der Waals surface area (Å²) in [4.78, 5) is 6.65. The Balaban J connectivity index is 2.01. The fourth-order valence-electron chi connectivity index (χ4n) is 2.31. The first-order valence-corrected chi connectivity index (χ1v) is 6.61. The highest BCUT2D eigenvalue weighted by molar-refractivity contribution is 7.09. The molecule has 4 nitrogen and oxygen atoms in total. The van der Waals surface area contributed by atoms with Crippen LogP contribution in [0.25, 0.3) is 0 Å². The van der Waals surface area contributed by atoms with Gasteiger partial charge in [-0.25, -0.2) is 0 Å². The Labute approximate surface area is 106 Å². The summed E-state index contributed by atoms with van der Waals surface area (Å²) >= 11 is 1.38. The number of nitrogens with zero attached hydrogens (tertiary/aromatic N) is 3. The quantitative estimate of drug-likeness (QED) is 0.771. The molecule has 92 valence electrons. The lowest BCUT2D eigenvalue weighted by Gasteiger charge is -2.34. The first-order chi connectivity index (χ1) is 8.19. The van der Waals surface area contributed by atoms with Gasteiger partial charge >= 0.3 is 6.01 Å². The topological polar surface area (TPSA) is 38.2 Å². The molecule has 1 fully saturated rings. The van der Waals surface area contributed by atoms with E-state index in [1.165, 1.54) is 18.0 Å². The first-order valence-electron chi connectivity index (χ1n) is 5.84. The van der Waals surface area contributed by atoms with Crippen LogP contribution in [0, 0.1) is 24.2 Å². The molecule has 0 amide bonds. The molecule has 0 spiro atoms. The van der Waals surface area contributed by atoms with E-state index in [1.54, 1.807) is 0 Å². The molecule has 2 unspecified atom stereocenters. The van der Waals surface area contributed by atoms with Crippen LogP contribution in [0.2, 0.25) is 0 Å². The van der Waals surface area contributed by atoms with Gasteiger partial charge in [0.25, 0.3) is 0 Å². The predicted octanol–water partition coefficient (Wildman–Crippen LogP) is 2.03. The van der Waals surface area contributed by atoms with Gasteiger partial charge in [-0.05, 0) is 18.3 Å². The van der Waals surface area contributed by atoms with E-state index in [4.69, 9.17) is 11.2 Å². The summed E-state index contributed by atoms with van der Waals surface area (Å²) in [7, 11) is 0. The van der Waals surface area contributed by atoms with Crippen LogP contribution in [0.3, 0.4) is 0 Å². The second-order valence-corrected chi connectivity index (χ2v) is 5.43. The van der Waals surface area contributed by atoms with Gasteiger partial charge in [0.15, 0.2) is 6.61 Å². The van der Waals surface area contributed by atoms with E-state index in [-0.39, 0.29) is 6.61 Å². The molecule has 5 heteroatoms. The molecule has 2 rings (SSSR count). The van der Waals surface area contributed by atoms with E-state index in [0.29, 0.717) is 17.8 Å². The molecule has 0 aliphatic carbocycles. The van der Waals surface area contributed by atoms with Crippen LogP contribution in [0.15, 0.2) is 0 Å². The monoisotopic (exact) mass is 251 g/mol. The van der Waals surface area contributed by atoms with Crippen molar-refractivity contribution in [1.29, 1.82) is 0 Å². The van der Waals surface area contributed by atoms with Crippen LogP contribution in [-0.4, -0.2) is 29.1 Å². The Bertz CT molecular complexity index is 402. The molecule has 1 aliphatic heterocycles. The van der Waals surface area contributed by atoms with Crippen LogP contribution in [-0.2, 0) is 0 Å². The van der Waals surface area contributed by atoms with Gasteiger partial charge in [-0.2, -0.15) is 4.98 Å². The summed E-state index contributed by atoms with van der Waals surface area (Å²) in [5.41, 5.74) is 0. The molecule has 0 N–H and O–H groups in total. The van der Waals surface area contributed by atoms with Crippen molar-refractivity contribution in [2.75, 3.05) is 24.6 Å². The summed E-state index contributed by atoms with van der Waals surface area (Å²) in [5, 5.41) is 0.940. The number of rotatable bonds is 3. The van der Waals surface area contributed by atoms with Gasteiger partial charge in [0, 0.05) is 24.6 Å². The van der Waals surface area contributed by atoms with E-state index in [1.807, 2.05) is 0 Å². The summed E-state index contributed by atoms with van der Waals surface area (Å²) < 4.78 is 9.36. The lowest BCUT2D eigenvalue weighted by Crippen LogP contribution is -2.38. The molecule has 0 radical (unpaired) electrons. The predicted molar refractivity (Wildman–Crippen MR) is 69.4 cm³/mol. The number of aromatic nitrogens is 2. The van der Waals surface area contributed by atoms with Crippen LogP contribution < -0.4 is 9.64 Å². The molecule has 2 atom stereocenters. The van der Waals surface area contributed by atoms with E-state index < -0.39 is 0 Å². The maximum absolute atomic E-state index is 5.21. The van der Waals surface area contributed by atoms with Gasteiger partial charge in [-0.15, -0.1) is 10.8 Å². The maximum Gasteiger partial charge on any atom is 0.331 e. The standard InChI is InChI=1S/C12H17N3OS/c1-4-5-16-11-13-12(17-14-11)15-7-9(2)6-10(3)8-15/h1,9-10H,5-8H2,2-3H3. The number of hydrogen-bond acceptors (Lipinski definition) is 5. The normalized spacial score (nSPS) is 24.4. The summed E-state index contributed by atoms with van der Waals surface area (Å²) in [6.45, 7) is 6.88. The Morgan fingerprint density at radius 1 is 1.47 bits per heavy atom. The third-order valence-corrected chi connectivity index (χ3v) is 3.58. The molecule has 2 heterocycles. The summed E-state index contributed by atoms with van der Waals surface area (Å²) in [6.07, 6.45) is 6.41. The van der Waals surface area contributed by atoms with Crippen molar-refractivity contribution in [3.63, 3.8) is 0 Å². The van der Waals surface area contributed by atoms with E-state index >= 15 is 0 Å². The van der Waals surface area contributed by atoms with E-state index in [9.17, 15) is 0 Å². The minimum Gasteiger partial charge on any atom is -0.450 e. The van der Waals surface area contributed by atoms with Crippen molar-refractivity contribution in [2.24, 2.45) is 11.8 Å². The average molecular weight is 251 g/mol. The fourth-order valence-corrected chi connectivity index (χ4v) is 2.95. The molecule has 0 saturated carbocycles. The van der Waals surface area contributed by atoms with Crippen molar-refractivity contribution in [3.8, 4) is 18.4 Å². The average Bonchev–Trinajstić information content (AvgIpc) is 2.73. The highest BCUT2D eigenvalue weighted by atomic mass is 32.1. The molecular formula is C12H17N3OS. The van der Waals surface area contributed by atoms with Crippen molar-refractivity contribution in [2.45, 2.75) is 20.3 Å². The lowest BCUT2D eigenvalue weighted by atomic mass is 9.92. The second kappa shape index (κ2) is 5.37. The second-order valence-electron chi connectivity index (χ2n) is 4.70. The molecule has 0 aromatic carbocycles. The Morgan fingerprint density at radius 2 is 2.18 bits per heavy atom. The van der Waals surface area contributed by atoms with Crippen LogP contribution in [0.5, 0.6) is 6.01 Å². The van der Waals surface area contributed by atoms with Crippen molar-refractivity contribution in [1.82, 2.24) is 9.36 Å². The Kier molecular flexibility index (Phi) is 3.85. The zero-order valence-corrected chi connectivity index (χ0v) is 11.0. The lowest BCUT2D eigenvalue weighted by molar-refractivity contribution is 0.340. The van der Waals surface area contributed by atoms with Crippen LogP contribution >= 0.6 is 11.5 Å². The SMILES string of the molecule is C#CCOc1nsc(N2CC(C)CC(C)C2)n1. The molecule has 0 bridgehead atoms. The number of hydrogen-bond donors (Lipinski definition) is 0. The highest BCUT2D eigenvalue weighted by Gasteiger charge is 2.24. The molecule has 1 aromatic rings. The number of terminal acetylenes is 1. The molecule has 17 heavy (non-hydrogen) atoms. The maximum atomic E-state index is 5.21. The smallest absolute Gasteiger partial charge is 0.331 e. The highest BCUT2D eigenvalue weighted by Crippen LogP contribution is 2.28. The molecule has 1 aliphatic rings. The zero-order valence-electron chi connectivity index (χ0n) is 10.2. The number of anilines is 1. The zero-order chi connectivity index (χ0) is 12.3. The van der Waals surface area contributed by atoms with Gasteiger partial charge in [-0.3, -0.25) is 0 Å². The summed E-state index contributed by atoms with van der Waals surface area (Å²) in [5.74, 6) is 3.82. The number of ether oxygens (including phenoxy) is 1. The van der Waals surface area contributed by atoms with Crippen LogP contribution in [0.4, 0.5) is 5.13 Å². The van der Waals surface area contributed by atoms with Gasteiger partial charge in [0.1, 0.15) is 0 Å². The summed E-state index contributed by atoms with van der Waals surface area (Å²) in [6, 6.07) is 0.397. The fraction of sp³-hybridized carbons (Fsp3) is 0.667. The molecular weight excluding hydrogens is 234 g/mol. The van der Waals surface area contributed by atoms with Gasteiger partial charge in [-0.1, -0.05) is 19.8 Å². The van der Waals surface area contributed by atoms with E-state index in [0.717, 1.165) is 18.2 Å². The van der Waals surface area contributed by atoms with E-state index in [2.05, 4.69) is 34.0 Å². The third-order valence-electron chi connectivity index (χ3n) is 2.82. The Hall–Kier alpha value is -1.28. The van der Waals surface area contributed by atoms with Crippen molar-refractivity contribution in [3.05, 3.63) is 0 Å². The van der Waals surface area contributed by atoms with Gasteiger partial charge in [0.05, 0.1) is 0 Å². The molecule has 1 aromatic heterocycles. The first kappa shape index (κ1) is 12.2. The largest absolute Gasteiger partial charge is 0.450 e. The van der Waals surface area contributed by atoms with Crippen molar-refractivity contribution < 1.29 is 4.74 Å². The minimum atomic E-state index is 0.225. The molecule has 1 saturated heterocycles. The van der Waals surface area contributed by atoms with Gasteiger partial charge < -0.3 is 9.64 Å². The van der Waals surface area contributed by atoms with Crippen molar-refractivity contribution >= 4 is 16.7 Å². The number of piperidine rings is 1.